The molecule has 1 fully saturated rings. The molecular weight excluding hydrogens is 250 g/mol. The number of nitrogens with zero attached hydrogens (tertiary/aromatic N) is 3. The van der Waals surface area contributed by atoms with E-state index in [1.54, 1.807) is 0 Å². The molecule has 0 spiro atoms. The van der Waals surface area contributed by atoms with E-state index in [1.807, 2.05) is 12.3 Å². The van der Waals surface area contributed by atoms with Gasteiger partial charge < -0.3 is 9.51 Å². The second-order valence-corrected chi connectivity index (χ2v) is 5.99. The summed E-state index contributed by atoms with van der Waals surface area (Å²) in [5, 5.41) is 10.1. The van der Waals surface area contributed by atoms with Crippen LogP contribution < -0.4 is 0 Å². The molecule has 0 aromatic carbocycles. The number of rotatable bonds is 3. The monoisotopic (exact) mass is 273 g/mol. The Bertz CT molecular complexity index is 592. The molecule has 0 bridgehead atoms. The highest BCUT2D eigenvalue weighted by Gasteiger charge is 2.26. The Kier molecular flexibility index (Phi) is 3.76. The highest BCUT2D eigenvalue weighted by Crippen LogP contribution is 2.23. The van der Waals surface area contributed by atoms with Gasteiger partial charge in [0, 0.05) is 25.0 Å². The molecule has 2 heterocycles. The molecule has 0 radical (unpaired) electrons. The summed E-state index contributed by atoms with van der Waals surface area (Å²) in [5.41, 5.74) is 3.29. The minimum atomic E-state index is -0.187. The van der Waals surface area contributed by atoms with Gasteiger partial charge in [-0.3, -0.25) is 4.90 Å². The Morgan fingerprint density at radius 3 is 2.95 bits per heavy atom. The van der Waals surface area contributed by atoms with Gasteiger partial charge in [0.1, 0.15) is 5.65 Å². The normalized spacial score (nSPS) is 23.6. The van der Waals surface area contributed by atoms with Crippen molar-refractivity contribution in [3.05, 3.63) is 35.8 Å². The van der Waals surface area contributed by atoms with Crippen LogP contribution in [-0.2, 0) is 6.54 Å². The minimum Gasteiger partial charge on any atom is -0.391 e. The summed E-state index contributed by atoms with van der Waals surface area (Å²) < 4.78 is 2.08. The Morgan fingerprint density at radius 2 is 2.20 bits per heavy atom. The summed E-state index contributed by atoms with van der Waals surface area (Å²) in [4.78, 5) is 6.96. The van der Waals surface area contributed by atoms with Crippen molar-refractivity contribution >= 4 is 5.65 Å². The standard InChI is InChI=1S/C16H23N3O/c1-12-6-5-9-19-11-13(17-16(12)19)10-18(2)14-7-3-4-8-15(14)20/h5-6,9,11,14-15,20H,3-4,7-8,10H2,1-2H3. The van der Waals surface area contributed by atoms with Crippen LogP contribution in [0.3, 0.4) is 0 Å². The summed E-state index contributed by atoms with van der Waals surface area (Å²) in [6, 6.07) is 4.40. The first kappa shape index (κ1) is 13.6. The Labute approximate surface area is 120 Å². The highest BCUT2D eigenvalue weighted by molar-refractivity contribution is 5.47. The van der Waals surface area contributed by atoms with Crippen LogP contribution in [0.2, 0.25) is 0 Å². The van der Waals surface area contributed by atoms with Crippen molar-refractivity contribution < 1.29 is 5.11 Å². The molecule has 2 atom stereocenters. The number of hydrogen-bond acceptors (Lipinski definition) is 3. The van der Waals surface area contributed by atoms with Crippen molar-refractivity contribution in [3.63, 3.8) is 0 Å². The SMILES string of the molecule is Cc1cccn2cc(CN(C)C3CCCCC3O)nc12. The van der Waals surface area contributed by atoms with Gasteiger partial charge in [-0.05, 0) is 38.4 Å². The second kappa shape index (κ2) is 5.54. The van der Waals surface area contributed by atoms with Crippen LogP contribution in [0.15, 0.2) is 24.5 Å². The zero-order chi connectivity index (χ0) is 14.1. The smallest absolute Gasteiger partial charge is 0.139 e. The van der Waals surface area contributed by atoms with Crippen molar-refractivity contribution in [1.29, 1.82) is 0 Å². The van der Waals surface area contributed by atoms with Crippen molar-refractivity contribution in [3.8, 4) is 0 Å². The summed E-state index contributed by atoms with van der Waals surface area (Å²) in [5.74, 6) is 0. The minimum absolute atomic E-state index is 0.187. The molecule has 0 saturated heterocycles. The predicted octanol–water partition coefficient (Wildman–Crippen LogP) is 2.38. The molecule has 1 aliphatic carbocycles. The van der Waals surface area contributed by atoms with Crippen LogP contribution in [0, 0.1) is 6.92 Å². The fourth-order valence-electron chi connectivity index (χ4n) is 3.26. The number of fused-ring (bicyclic) bond motifs is 1. The molecule has 2 aromatic heterocycles. The van der Waals surface area contributed by atoms with Crippen LogP contribution in [0.25, 0.3) is 5.65 Å². The van der Waals surface area contributed by atoms with Crippen LogP contribution in [0.1, 0.15) is 36.9 Å². The lowest BCUT2D eigenvalue weighted by atomic mass is 9.91. The van der Waals surface area contributed by atoms with E-state index in [2.05, 4.69) is 35.5 Å². The van der Waals surface area contributed by atoms with E-state index in [-0.39, 0.29) is 12.1 Å². The lowest BCUT2D eigenvalue weighted by molar-refractivity contribution is 0.0284. The molecule has 2 unspecified atom stereocenters. The van der Waals surface area contributed by atoms with E-state index < -0.39 is 0 Å². The van der Waals surface area contributed by atoms with Crippen LogP contribution in [-0.4, -0.2) is 38.6 Å². The molecule has 4 heteroatoms. The Hall–Kier alpha value is -1.39. The third-order valence-corrected chi connectivity index (χ3v) is 4.40. The summed E-state index contributed by atoms with van der Waals surface area (Å²) in [6.45, 7) is 2.88. The average Bonchev–Trinajstić information content (AvgIpc) is 2.83. The molecule has 108 valence electrons. The maximum atomic E-state index is 10.1. The van der Waals surface area contributed by atoms with E-state index in [9.17, 15) is 5.11 Å². The van der Waals surface area contributed by atoms with Crippen molar-refractivity contribution in [2.45, 2.75) is 51.3 Å². The maximum absolute atomic E-state index is 10.1. The molecule has 1 aliphatic rings. The molecule has 1 N–H and O–H groups in total. The van der Waals surface area contributed by atoms with Gasteiger partial charge >= 0.3 is 0 Å². The van der Waals surface area contributed by atoms with Gasteiger partial charge in [0.25, 0.3) is 0 Å². The number of aliphatic hydroxyl groups is 1. The third-order valence-electron chi connectivity index (χ3n) is 4.40. The molecule has 0 amide bonds. The molecule has 2 aromatic rings. The largest absolute Gasteiger partial charge is 0.391 e. The first-order chi connectivity index (χ1) is 9.65. The molecular formula is C16H23N3O. The third kappa shape index (κ3) is 2.58. The fourth-order valence-corrected chi connectivity index (χ4v) is 3.26. The van der Waals surface area contributed by atoms with Gasteiger partial charge in [0.2, 0.25) is 0 Å². The van der Waals surface area contributed by atoms with Crippen LogP contribution in [0.5, 0.6) is 0 Å². The molecule has 4 nitrogen and oxygen atoms in total. The number of pyridine rings is 1. The van der Waals surface area contributed by atoms with Gasteiger partial charge in [-0.25, -0.2) is 4.98 Å². The number of aromatic nitrogens is 2. The van der Waals surface area contributed by atoms with Crippen LogP contribution in [0.4, 0.5) is 0 Å². The van der Waals surface area contributed by atoms with E-state index >= 15 is 0 Å². The number of imidazole rings is 1. The van der Waals surface area contributed by atoms with Gasteiger partial charge in [-0.15, -0.1) is 0 Å². The van der Waals surface area contributed by atoms with E-state index in [4.69, 9.17) is 4.98 Å². The number of likely N-dealkylation sites (N-methyl/N-ethyl adjacent to an activating group) is 1. The first-order valence-electron chi connectivity index (χ1n) is 7.46. The summed E-state index contributed by atoms with van der Waals surface area (Å²) in [6.07, 6.45) is 8.33. The van der Waals surface area contributed by atoms with E-state index in [0.717, 1.165) is 37.1 Å². The van der Waals surface area contributed by atoms with Gasteiger partial charge in [0.15, 0.2) is 0 Å². The Balaban J connectivity index is 1.77. The second-order valence-electron chi connectivity index (χ2n) is 5.99. The zero-order valence-electron chi connectivity index (χ0n) is 12.3. The van der Waals surface area contributed by atoms with E-state index in [1.165, 1.54) is 12.0 Å². The molecule has 20 heavy (non-hydrogen) atoms. The molecule has 3 rings (SSSR count). The van der Waals surface area contributed by atoms with Gasteiger partial charge in [0.05, 0.1) is 11.8 Å². The van der Waals surface area contributed by atoms with Crippen molar-refractivity contribution in [2.24, 2.45) is 0 Å². The summed E-state index contributed by atoms with van der Waals surface area (Å²) in [7, 11) is 2.09. The number of hydrogen-bond donors (Lipinski definition) is 1. The zero-order valence-corrected chi connectivity index (χ0v) is 12.3. The molecule has 1 saturated carbocycles. The average molecular weight is 273 g/mol. The van der Waals surface area contributed by atoms with E-state index in [0.29, 0.717) is 0 Å². The molecule has 0 aliphatic heterocycles. The van der Waals surface area contributed by atoms with Crippen LogP contribution >= 0.6 is 0 Å². The quantitative estimate of drug-likeness (QED) is 0.933. The highest BCUT2D eigenvalue weighted by atomic mass is 16.3. The van der Waals surface area contributed by atoms with Gasteiger partial charge in [-0.2, -0.15) is 0 Å². The fraction of sp³-hybridized carbons (Fsp3) is 0.562. The number of aliphatic hydroxyl groups excluding tert-OH is 1. The lowest BCUT2D eigenvalue weighted by Crippen LogP contribution is -2.42. The van der Waals surface area contributed by atoms with Crippen molar-refractivity contribution in [1.82, 2.24) is 14.3 Å². The maximum Gasteiger partial charge on any atom is 0.139 e. The predicted molar refractivity (Wildman–Crippen MR) is 79.7 cm³/mol. The lowest BCUT2D eigenvalue weighted by Gasteiger charge is -2.34. The Morgan fingerprint density at radius 1 is 1.40 bits per heavy atom. The van der Waals surface area contributed by atoms with Crippen molar-refractivity contribution in [2.75, 3.05) is 7.05 Å². The number of aryl methyl sites for hydroxylation is 1. The van der Waals surface area contributed by atoms with Gasteiger partial charge in [-0.1, -0.05) is 18.9 Å². The topological polar surface area (TPSA) is 40.8 Å². The summed E-state index contributed by atoms with van der Waals surface area (Å²) >= 11 is 0. The first-order valence-corrected chi connectivity index (χ1v) is 7.46.